The number of carbonyl (C=O) groups excluding carboxylic acids is 3. The molecule has 0 bridgehead atoms. The van der Waals surface area contributed by atoms with E-state index in [4.69, 9.17) is 9.15 Å². The molecular weight excluding hydrogens is 318 g/mol. The molecule has 3 atom stereocenters. The summed E-state index contributed by atoms with van der Waals surface area (Å²) in [5.74, 6) is 0.335. The molecule has 2 heterocycles. The van der Waals surface area contributed by atoms with Crippen LogP contribution in [0.2, 0.25) is 0 Å². The van der Waals surface area contributed by atoms with Crippen molar-refractivity contribution in [2.75, 3.05) is 5.75 Å². The van der Waals surface area contributed by atoms with E-state index in [0.717, 1.165) is 12.8 Å². The molecule has 1 saturated carbocycles. The molecule has 0 radical (unpaired) electrons. The Balaban J connectivity index is 1.72. The molecule has 2 aliphatic rings. The minimum absolute atomic E-state index is 0.0211. The molecule has 0 spiro atoms. The first-order valence-electron chi connectivity index (χ1n) is 7.75. The zero-order valence-corrected chi connectivity index (χ0v) is 13.7. The van der Waals surface area contributed by atoms with Crippen molar-refractivity contribution >= 4 is 29.4 Å². The van der Waals surface area contributed by atoms with E-state index >= 15 is 0 Å². The van der Waals surface area contributed by atoms with E-state index in [0.29, 0.717) is 24.4 Å². The van der Waals surface area contributed by atoms with Gasteiger partial charge >= 0.3 is 5.97 Å². The fourth-order valence-corrected chi connectivity index (χ4v) is 4.43. The largest absolute Gasteiger partial charge is 0.466 e. The maximum Gasteiger partial charge on any atom is 0.330 e. The van der Waals surface area contributed by atoms with E-state index in [9.17, 15) is 14.4 Å². The van der Waals surface area contributed by atoms with Crippen molar-refractivity contribution in [1.82, 2.24) is 4.90 Å². The summed E-state index contributed by atoms with van der Waals surface area (Å²) in [6.07, 6.45) is 3.66. The van der Waals surface area contributed by atoms with Crippen molar-refractivity contribution in [3.05, 3.63) is 24.2 Å². The van der Waals surface area contributed by atoms with Gasteiger partial charge in [-0.3, -0.25) is 9.59 Å². The highest BCUT2D eigenvalue weighted by atomic mass is 32.2. The number of amides is 1. The Morgan fingerprint density at radius 1 is 1.39 bits per heavy atom. The van der Waals surface area contributed by atoms with Crippen LogP contribution in [0.5, 0.6) is 0 Å². The number of Topliss-reactive ketones (excluding diaryl/α,β-unsaturated/α-hetero) is 1. The summed E-state index contributed by atoms with van der Waals surface area (Å²) in [4.78, 5) is 37.8. The van der Waals surface area contributed by atoms with Crippen LogP contribution in [0.3, 0.4) is 0 Å². The molecule has 1 aliphatic carbocycles. The maximum atomic E-state index is 12.5. The lowest BCUT2D eigenvalue weighted by Gasteiger charge is -2.28. The van der Waals surface area contributed by atoms with E-state index in [1.54, 1.807) is 18.4 Å². The summed E-state index contributed by atoms with van der Waals surface area (Å²) < 4.78 is 10.8. The predicted octanol–water partition coefficient (Wildman–Crippen LogP) is 2.30. The second kappa shape index (κ2) is 6.78. The van der Waals surface area contributed by atoms with E-state index in [2.05, 4.69) is 0 Å². The van der Waals surface area contributed by atoms with E-state index in [1.165, 1.54) is 23.6 Å². The summed E-state index contributed by atoms with van der Waals surface area (Å²) in [7, 11) is 0. The first kappa shape index (κ1) is 16.1. The minimum Gasteiger partial charge on any atom is -0.466 e. The number of rotatable bonds is 3. The SMILES string of the molecule is CC(=O)N1[C@@H](c2ccco2)SC[C@H]1C(=O)O[C@@H]1CCCCC1=O. The Labute approximate surface area is 138 Å². The van der Waals surface area contributed by atoms with Gasteiger partial charge in [-0.15, -0.1) is 11.8 Å². The number of hydrogen-bond donors (Lipinski definition) is 0. The monoisotopic (exact) mass is 337 g/mol. The van der Waals surface area contributed by atoms with Crippen LogP contribution in [0, 0.1) is 0 Å². The van der Waals surface area contributed by atoms with Crippen molar-refractivity contribution in [3.63, 3.8) is 0 Å². The molecule has 1 aliphatic heterocycles. The molecule has 1 amide bonds. The molecule has 2 fully saturated rings. The first-order valence-corrected chi connectivity index (χ1v) is 8.80. The summed E-state index contributed by atoms with van der Waals surface area (Å²) >= 11 is 1.46. The number of hydrogen-bond acceptors (Lipinski definition) is 6. The molecular formula is C16H19NO5S. The average molecular weight is 337 g/mol. The molecule has 3 rings (SSSR count). The van der Waals surface area contributed by atoms with Crippen molar-refractivity contribution in [3.8, 4) is 0 Å². The van der Waals surface area contributed by atoms with Gasteiger partial charge in [0.15, 0.2) is 11.9 Å². The lowest BCUT2D eigenvalue weighted by Crippen LogP contribution is -2.45. The highest BCUT2D eigenvalue weighted by Gasteiger charge is 2.44. The Morgan fingerprint density at radius 3 is 2.87 bits per heavy atom. The Kier molecular flexibility index (Phi) is 4.75. The smallest absolute Gasteiger partial charge is 0.330 e. The molecule has 0 aromatic carbocycles. The third-order valence-electron chi connectivity index (χ3n) is 4.18. The van der Waals surface area contributed by atoms with Gasteiger partial charge in [0.1, 0.15) is 17.2 Å². The van der Waals surface area contributed by atoms with E-state index in [-0.39, 0.29) is 17.1 Å². The first-order chi connectivity index (χ1) is 11.1. The fourth-order valence-electron chi connectivity index (χ4n) is 3.02. The number of ketones is 1. The molecule has 7 heteroatoms. The molecule has 0 N–H and O–H groups in total. The van der Waals surface area contributed by atoms with Crippen molar-refractivity contribution in [2.45, 2.75) is 50.1 Å². The molecule has 23 heavy (non-hydrogen) atoms. The van der Waals surface area contributed by atoms with Crippen molar-refractivity contribution < 1.29 is 23.5 Å². The van der Waals surface area contributed by atoms with Crippen LogP contribution in [0.1, 0.15) is 43.7 Å². The van der Waals surface area contributed by atoms with Gasteiger partial charge in [0.05, 0.1) is 6.26 Å². The van der Waals surface area contributed by atoms with Crippen molar-refractivity contribution in [1.29, 1.82) is 0 Å². The number of thioether (sulfide) groups is 1. The van der Waals surface area contributed by atoms with Crippen molar-refractivity contribution in [2.24, 2.45) is 0 Å². The lowest BCUT2D eigenvalue weighted by atomic mass is 9.96. The van der Waals surface area contributed by atoms with Crippen LogP contribution in [0.15, 0.2) is 22.8 Å². The number of esters is 1. The van der Waals surface area contributed by atoms with Crippen LogP contribution >= 0.6 is 11.8 Å². The maximum absolute atomic E-state index is 12.5. The summed E-state index contributed by atoms with van der Waals surface area (Å²) in [6.45, 7) is 1.42. The molecule has 1 aromatic rings. The van der Waals surface area contributed by atoms with Gasteiger partial charge in [-0.1, -0.05) is 0 Å². The van der Waals surface area contributed by atoms with Gasteiger partial charge in [0, 0.05) is 19.1 Å². The minimum atomic E-state index is -0.678. The molecule has 6 nitrogen and oxygen atoms in total. The Bertz CT molecular complexity index is 600. The summed E-state index contributed by atoms with van der Waals surface area (Å²) in [5, 5.41) is -0.331. The third kappa shape index (κ3) is 3.29. The topological polar surface area (TPSA) is 76.8 Å². The fraction of sp³-hybridized carbons (Fsp3) is 0.562. The van der Waals surface area contributed by atoms with Gasteiger partial charge in [0.25, 0.3) is 0 Å². The van der Waals surface area contributed by atoms with Crippen LogP contribution in [0.4, 0.5) is 0 Å². The summed E-state index contributed by atoms with van der Waals surface area (Å²) in [6, 6.07) is 2.86. The lowest BCUT2D eigenvalue weighted by molar-refractivity contribution is -0.163. The highest BCUT2D eigenvalue weighted by Crippen LogP contribution is 2.42. The van der Waals surface area contributed by atoms with Gasteiger partial charge < -0.3 is 14.1 Å². The van der Waals surface area contributed by atoms with E-state index in [1.807, 2.05) is 0 Å². The van der Waals surface area contributed by atoms with Gasteiger partial charge in [-0.2, -0.15) is 0 Å². The number of carbonyl (C=O) groups is 3. The second-order valence-corrected chi connectivity index (χ2v) is 6.89. The number of nitrogens with zero attached hydrogens (tertiary/aromatic N) is 1. The quantitative estimate of drug-likeness (QED) is 0.788. The summed E-state index contributed by atoms with van der Waals surface area (Å²) in [5.41, 5.74) is 0. The molecule has 1 aromatic heterocycles. The standard InChI is InChI=1S/C16H19NO5S/c1-10(18)17-11(9-23-15(17)14-7-4-8-21-14)16(20)22-13-6-3-2-5-12(13)19/h4,7-8,11,13,15H,2-3,5-6,9H2,1H3/t11-,13+,15+/m0/s1. The number of furan rings is 1. The molecule has 1 saturated heterocycles. The van der Waals surface area contributed by atoms with Crippen LogP contribution < -0.4 is 0 Å². The Hall–Kier alpha value is -1.76. The highest BCUT2D eigenvalue weighted by molar-refractivity contribution is 7.99. The van der Waals surface area contributed by atoms with Crippen LogP contribution in [-0.4, -0.2) is 40.5 Å². The van der Waals surface area contributed by atoms with Gasteiger partial charge in [-0.25, -0.2) is 4.79 Å². The number of ether oxygens (including phenoxy) is 1. The van der Waals surface area contributed by atoms with Gasteiger partial charge in [-0.05, 0) is 31.4 Å². The molecule has 124 valence electrons. The zero-order chi connectivity index (χ0) is 16.4. The van der Waals surface area contributed by atoms with Crippen LogP contribution in [0.25, 0.3) is 0 Å². The van der Waals surface area contributed by atoms with Gasteiger partial charge in [0.2, 0.25) is 5.91 Å². The molecule has 0 unspecified atom stereocenters. The van der Waals surface area contributed by atoms with Crippen LogP contribution in [-0.2, 0) is 19.1 Å². The third-order valence-corrected chi connectivity index (χ3v) is 5.46. The average Bonchev–Trinajstić information content (AvgIpc) is 3.17. The Morgan fingerprint density at radius 2 is 2.22 bits per heavy atom. The normalized spacial score (nSPS) is 28.0. The predicted molar refractivity (Wildman–Crippen MR) is 83.6 cm³/mol. The second-order valence-electron chi connectivity index (χ2n) is 5.78. The van der Waals surface area contributed by atoms with E-state index < -0.39 is 18.1 Å². The zero-order valence-electron chi connectivity index (χ0n) is 12.9.